The standard InChI is InChI=1S/C41H69N3O5/c1-31(2)26-35(42-38(46)36(27-32(3)4)43-40(48)49-29-34-22-18-17-19-23-34)39(47)44-37(28-33(5)6)41(30-45)24-20-15-13-11-9-7-8-10-12-14-16-21-25-41/h17-19,22-23,30-33,35-37H,7-16,20-21,24-29H2,1-6H3,(H,42,46)(H,43,48)(H,44,47)/t35-,36-,37-/m0/s1. The lowest BCUT2D eigenvalue weighted by Gasteiger charge is -2.39. The van der Waals surface area contributed by atoms with E-state index in [9.17, 15) is 19.2 Å². The molecule has 1 aromatic carbocycles. The maximum atomic E-state index is 14.2. The Morgan fingerprint density at radius 2 is 1.06 bits per heavy atom. The maximum Gasteiger partial charge on any atom is 0.408 e. The number of nitrogens with one attached hydrogen (secondary N) is 3. The zero-order chi connectivity index (χ0) is 36.1. The van der Waals surface area contributed by atoms with E-state index < -0.39 is 29.5 Å². The lowest BCUT2D eigenvalue weighted by molar-refractivity contribution is -0.132. The van der Waals surface area contributed by atoms with Crippen molar-refractivity contribution in [3.8, 4) is 0 Å². The van der Waals surface area contributed by atoms with Crippen LogP contribution in [0.4, 0.5) is 4.79 Å². The van der Waals surface area contributed by atoms with Crippen molar-refractivity contribution in [3.05, 3.63) is 35.9 Å². The molecule has 0 bridgehead atoms. The lowest BCUT2D eigenvalue weighted by atomic mass is 9.70. The number of carbonyl (C=O) groups excluding carboxylic acids is 4. The molecule has 3 atom stereocenters. The summed E-state index contributed by atoms with van der Waals surface area (Å²) in [5, 5.41) is 9.06. The van der Waals surface area contributed by atoms with Gasteiger partial charge in [0.15, 0.2) is 0 Å². The van der Waals surface area contributed by atoms with Crippen LogP contribution in [-0.4, -0.2) is 42.3 Å². The van der Waals surface area contributed by atoms with Gasteiger partial charge in [-0.15, -0.1) is 0 Å². The van der Waals surface area contributed by atoms with Crippen LogP contribution in [0.2, 0.25) is 0 Å². The fraction of sp³-hybridized carbons (Fsp3) is 0.756. The predicted molar refractivity (Wildman–Crippen MR) is 199 cm³/mol. The summed E-state index contributed by atoms with van der Waals surface area (Å²) < 4.78 is 5.41. The van der Waals surface area contributed by atoms with Gasteiger partial charge >= 0.3 is 6.09 Å². The number of alkyl carbamates (subject to hydrolysis) is 1. The van der Waals surface area contributed by atoms with E-state index in [2.05, 4.69) is 29.8 Å². The lowest BCUT2D eigenvalue weighted by Crippen LogP contribution is -2.58. The Morgan fingerprint density at radius 1 is 0.633 bits per heavy atom. The minimum atomic E-state index is -0.859. The molecule has 1 aromatic rings. The molecule has 49 heavy (non-hydrogen) atoms. The van der Waals surface area contributed by atoms with Gasteiger partial charge in [0.25, 0.3) is 0 Å². The Bertz CT molecular complexity index is 1070. The van der Waals surface area contributed by atoms with Crippen LogP contribution in [0.5, 0.6) is 0 Å². The van der Waals surface area contributed by atoms with Crippen LogP contribution < -0.4 is 16.0 Å². The highest BCUT2D eigenvalue weighted by Crippen LogP contribution is 2.37. The molecule has 1 aliphatic rings. The number of ether oxygens (including phenoxy) is 1. The molecule has 8 heteroatoms. The minimum absolute atomic E-state index is 0.0940. The smallest absolute Gasteiger partial charge is 0.408 e. The van der Waals surface area contributed by atoms with E-state index in [0.29, 0.717) is 19.3 Å². The molecule has 2 rings (SSSR count). The van der Waals surface area contributed by atoms with Crippen LogP contribution in [0.1, 0.15) is 156 Å². The monoisotopic (exact) mass is 684 g/mol. The molecular formula is C41H69N3O5. The van der Waals surface area contributed by atoms with Crippen molar-refractivity contribution in [1.29, 1.82) is 0 Å². The summed E-state index contributed by atoms with van der Waals surface area (Å²) in [4.78, 5) is 53.9. The highest BCUT2D eigenvalue weighted by atomic mass is 16.5. The number of hydrogen-bond acceptors (Lipinski definition) is 5. The molecule has 3 N–H and O–H groups in total. The zero-order valence-electron chi connectivity index (χ0n) is 31.7. The molecule has 3 amide bonds. The third-order valence-electron chi connectivity index (χ3n) is 9.86. The van der Waals surface area contributed by atoms with Crippen molar-refractivity contribution < 1.29 is 23.9 Å². The zero-order valence-corrected chi connectivity index (χ0v) is 31.7. The van der Waals surface area contributed by atoms with Gasteiger partial charge in [-0.25, -0.2) is 4.79 Å². The second-order valence-corrected chi connectivity index (χ2v) is 15.9. The third-order valence-corrected chi connectivity index (χ3v) is 9.86. The van der Waals surface area contributed by atoms with E-state index in [4.69, 9.17) is 4.74 Å². The van der Waals surface area contributed by atoms with E-state index in [1.807, 2.05) is 58.0 Å². The molecule has 1 fully saturated rings. The van der Waals surface area contributed by atoms with Crippen molar-refractivity contribution in [2.24, 2.45) is 23.2 Å². The van der Waals surface area contributed by atoms with E-state index in [-0.39, 0.29) is 36.3 Å². The molecule has 0 unspecified atom stereocenters. The van der Waals surface area contributed by atoms with Crippen molar-refractivity contribution in [2.45, 2.75) is 175 Å². The average molecular weight is 684 g/mol. The molecule has 278 valence electrons. The summed E-state index contributed by atoms with van der Waals surface area (Å²) in [5.74, 6) is -0.154. The quantitative estimate of drug-likeness (QED) is 0.160. The van der Waals surface area contributed by atoms with E-state index in [1.54, 1.807) is 0 Å². The highest BCUT2D eigenvalue weighted by molar-refractivity contribution is 5.91. The van der Waals surface area contributed by atoms with Crippen LogP contribution in [0.3, 0.4) is 0 Å². The van der Waals surface area contributed by atoms with Gasteiger partial charge < -0.3 is 25.5 Å². The van der Waals surface area contributed by atoms with Crippen LogP contribution in [0.25, 0.3) is 0 Å². The first-order chi connectivity index (χ1) is 23.5. The number of carbonyl (C=O) groups is 4. The highest BCUT2D eigenvalue weighted by Gasteiger charge is 2.40. The van der Waals surface area contributed by atoms with E-state index >= 15 is 0 Å². The largest absolute Gasteiger partial charge is 0.445 e. The van der Waals surface area contributed by atoms with Gasteiger partial charge in [-0.3, -0.25) is 9.59 Å². The molecule has 0 saturated heterocycles. The first-order valence-electron chi connectivity index (χ1n) is 19.5. The minimum Gasteiger partial charge on any atom is -0.445 e. The Kier molecular flexibility index (Phi) is 20.3. The summed E-state index contributed by atoms with van der Waals surface area (Å²) in [6.07, 6.45) is 17.7. The number of hydrogen-bond donors (Lipinski definition) is 3. The molecule has 1 saturated carbocycles. The van der Waals surface area contributed by atoms with Crippen molar-refractivity contribution in [2.75, 3.05) is 0 Å². The van der Waals surface area contributed by atoms with E-state index in [1.165, 1.54) is 51.4 Å². The summed E-state index contributed by atoms with van der Waals surface area (Å²) in [6.45, 7) is 12.4. The molecule has 0 radical (unpaired) electrons. The van der Waals surface area contributed by atoms with Crippen LogP contribution in [-0.2, 0) is 25.7 Å². The molecule has 1 aliphatic carbocycles. The Labute approximate surface area is 298 Å². The van der Waals surface area contributed by atoms with Crippen LogP contribution >= 0.6 is 0 Å². The van der Waals surface area contributed by atoms with Gasteiger partial charge in [0.05, 0.1) is 0 Å². The first kappa shape index (κ1) is 42.3. The third kappa shape index (κ3) is 17.0. The molecule has 0 aromatic heterocycles. The Morgan fingerprint density at radius 3 is 1.51 bits per heavy atom. The second kappa shape index (κ2) is 23.5. The van der Waals surface area contributed by atoms with Gasteiger partial charge in [-0.1, -0.05) is 149 Å². The van der Waals surface area contributed by atoms with Crippen molar-refractivity contribution >= 4 is 24.2 Å². The summed E-state index contributed by atoms with van der Waals surface area (Å²) in [7, 11) is 0. The fourth-order valence-electron chi connectivity index (χ4n) is 7.12. The number of benzene rings is 1. The number of rotatable bonds is 15. The molecule has 0 aliphatic heterocycles. The van der Waals surface area contributed by atoms with Gasteiger partial charge in [-0.05, 0) is 55.4 Å². The summed E-state index contributed by atoms with van der Waals surface area (Å²) in [6, 6.07) is 7.40. The average Bonchev–Trinajstić information content (AvgIpc) is 3.06. The first-order valence-corrected chi connectivity index (χ1v) is 19.5. The van der Waals surface area contributed by atoms with Crippen LogP contribution in [0, 0.1) is 23.2 Å². The van der Waals surface area contributed by atoms with Gasteiger partial charge in [0, 0.05) is 11.5 Å². The molecule has 0 heterocycles. The summed E-state index contributed by atoms with van der Waals surface area (Å²) >= 11 is 0. The van der Waals surface area contributed by atoms with Crippen LogP contribution in [0.15, 0.2) is 30.3 Å². The molecular weight excluding hydrogens is 614 g/mol. The number of amides is 3. The summed E-state index contributed by atoms with van der Waals surface area (Å²) in [5.41, 5.74) is 0.208. The van der Waals surface area contributed by atoms with Gasteiger partial charge in [0.1, 0.15) is 25.0 Å². The molecule has 0 spiro atoms. The van der Waals surface area contributed by atoms with Gasteiger partial charge in [0.2, 0.25) is 11.8 Å². The molecule has 8 nitrogen and oxygen atoms in total. The fourth-order valence-corrected chi connectivity index (χ4v) is 7.12. The SMILES string of the molecule is CC(C)C[C@H](NC(=O)OCc1ccccc1)C(=O)N[C@@H](CC(C)C)C(=O)N[C@@H](CC(C)C)C1(C=O)CCCCCCCCCCCCCC1. The van der Waals surface area contributed by atoms with Crippen molar-refractivity contribution in [3.63, 3.8) is 0 Å². The Hall–Kier alpha value is -2.90. The number of aldehydes is 1. The van der Waals surface area contributed by atoms with E-state index in [0.717, 1.165) is 50.4 Å². The Balaban J connectivity index is 2.24. The topological polar surface area (TPSA) is 114 Å². The predicted octanol–water partition coefficient (Wildman–Crippen LogP) is 9.05. The normalized spacial score (nSPS) is 18.4. The van der Waals surface area contributed by atoms with Crippen molar-refractivity contribution in [1.82, 2.24) is 16.0 Å². The second-order valence-electron chi connectivity index (χ2n) is 15.9. The van der Waals surface area contributed by atoms with Gasteiger partial charge in [-0.2, -0.15) is 0 Å². The maximum absolute atomic E-state index is 14.2.